The molecule has 29 heavy (non-hydrogen) atoms. The van der Waals surface area contributed by atoms with Crippen LogP contribution in [0.15, 0.2) is 17.1 Å². The summed E-state index contributed by atoms with van der Waals surface area (Å²) >= 11 is 1.67. The molecular weight excluding hydrogens is 386 g/mol. The van der Waals surface area contributed by atoms with Crippen molar-refractivity contribution in [2.24, 2.45) is 17.8 Å². The van der Waals surface area contributed by atoms with Crippen LogP contribution in [-0.4, -0.2) is 55.8 Å². The fourth-order valence-corrected chi connectivity index (χ4v) is 5.43. The molecular formula is C21H31N5O2S. The molecule has 7 nitrogen and oxygen atoms in total. The zero-order valence-electron chi connectivity index (χ0n) is 17.3. The molecule has 1 aliphatic heterocycles. The van der Waals surface area contributed by atoms with E-state index < -0.39 is 5.60 Å². The average molecular weight is 418 g/mol. The fraction of sp³-hybridized carbons (Fsp3) is 0.762. The molecule has 0 radical (unpaired) electrons. The fourth-order valence-electron chi connectivity index (χ4n) is 4.88. The molecule has 3 heterocycles. The maximum absolute atomic E-state index is 10.3. The van der Waals surface area contributed by atoms with Crippen LogP contribution in [0.25, 0.3) is 0 Å². The highest BCUT2D eigenvalue weighted by Gasteiger charge is 2.44. The summed E-state index contributed by atoms with van der Waals surface area (Å²) in [5.74, 6) is 2.07. The van der Waals surface area contributed by atoms with Crippen LogP contribution in [0.4, 0.5) is 0 Å². The van der Waals surface area contributed by atoms with Crippen molar-refractivity contribution in [1.82, 2.24) is 24.9 Å². The van der Waals surface area contributed by atoms with Gasteiger partial charge in [0.25, 0.3) is 0 Å². The summed E-state index contributed by atoms with van der Waals surface area (Å²) in [6.07, 6.45) is 6.83. The number of rotatable bonds is 7. The third-order valence-corrected chi connectivity index (χ3v) is 7.38. The molecule has 0 amide bonds. The first kappa shape index (κ1) is 19.6. The zero-order chi connectivity index (χ0) is 20.0. The summed E-state index contributed by atoms with van der Waals surface area (Å²) in [4.78, 5) is 7.01. The second-order valence-corrected chi connectivity index (χ2v) is 10.4. The minimum absolute atomic E-state index is 0.174. The van der Waals surface area contributed by atoms with Gasteiger partial charge in [0.15, 0.2) is 0 Å². The normalized spacial score (nSPS) is 30.6. The van der Waals surface area contributed by atoms with Crippen LogP contribution in [0.5, 0.6) is 0 Å². The van der Waals surface area contributed by atoms with E-state index in [0.717, 1.165) is 45.0 Å². The monoisotopic (exact) mass is 417 g/mol. The lowest BCUT2D eigenvalue weighted by Crippen LogP contribution is -2.38. The zero-order valence-corrected chi connectivity index (χ0v) is 18.1. The maximum atomic E-state index is 10.3. The summed E-state index contributed by atoms with van der Waals surface area (Å²) in [6.45, 7) is 7.57. The van der Waals surface area contributed by atoms with E-state index in [1.807, 2.05) is 16.4 Å². The molecule has 1 saturated heterocycles. The van der Waals surface area contributed by atoms with Gasteiger partial charge < -0.3 is 9.84 Å². The van der Waals surface area contributed by atoms with Crippen molar-refractivity contribution < 1.29 is 9.84 Å². The number of fused-ring (bicyclic) bond motifs is 1. The molecule has 3 fully saturated rings. The van der Waals surface area contributed by atoms with E-state index in [1.54, 1.807) is 25.2 Å². The van der Waals surface area contributed by atoms with E-state index >= 15 is 0 Å². The van der Waals surface area contributed by atoms with Crippen LogP contribution in [0, 0.1) is 17.8 Å². The second kappa shape index (κ2) is 7.72. The topological polar surface area (TPSA) is 76.3 Å². The largest absolute Gasteiger partial charge is 0.384 e. The molecule has 0 bridgehead atoms. The van der Waals surface area contributed by atoms with Gasteiger partial charge in [0.2, 0.25) is 0 Å². The number of aromatic nitrogens is 4. The quantitative estimate of drug-likeness (QED) is 0.747. The van der Waals surface area contributed by atoms with Crippen LogP contribution in [-0.2, 0) is 16.9 Å². The smallest absolute Gasteiger partial charge is 0.114 e. The van der Waals surface area contributed by atoms with E-state index in [9.17, 15) is 5.11 Å². The van der Waals surface area contributed by atoms with E-state index in [-0.39, 0.29) is 12.1 Å². The number of likely N-dealkylation sites (tertiary alicyclic amines) is 1. The van der Waals surface area contributed by atoms with Crippen LogP contribution in [0.1, 0.15) is 57.0 Å². The molecule has 4 atom stereocenters. The molecule has 1 N–H and O–H groups in total. The van der Waals surface area contributed by atoms with E-state index in [1.165, 1.54) is 18.5 Å². The molecule has 158 valence electrons. The highest BCUT2D eigenvalue weighted by Crippen LogP contribution is 2.43. The summed E-state index contributed by atoms with van der Waals surface area (Å²) in [5, 5.41) is 21.1. The lowest BCUT2D eigenvalue weighted by molar-refractivity contribution is -0.0376. The van der Waals surface area contributed by atoms with Crippen molar-refractivity contribution in [3.8, 4) is 0 Å². The Hall–Kier alpha value is -1.35. The van der Waals surface area contributed by atoms with Crippen LogP contribution in [0.2, 0.25) is 0 Å². The highest BCUT2D eigenvalue weighted by atomic mass is 32.1. The van der Waals surface area contributed by atoms with Crippen LogP contribution in [0.3, 0.4) is 0 Å². The molecule has 2 aliphatic carbocycles. The van der Waals surface area contributed by atoms with Crippen molar-refractivity contribution in [3.63, 3.8) is 0 Å². The van der Waals surface area contributed by atoms with Crippen molar-refractivity contribution in [2.45, 2.75) is 63.8 Å². The van der Waals surface area contributed by atoms with Crippen LogP contribution < -0.4 is 0 Å². The molecule has 2 saturated carbocycles. The van der Waals surface area contributed by atoms with Crippen molar-refractivity contribution in [2.75, 3.05) is 19.7 Å². The lowest BCUT2D eigenvalue weighted by atomic mass is 9.77. The Labute approximate surface area is 176 Å². The van der Waals surface area contributed by atoms with Gasteiger partial charge in [-0.25, -0.2) is 9.67 Å². The third-order valence-electron chi connectivity index (χ3n) is 6.75. The van der Waals surface area contributed by atoms with E-state index in [0.29, 0.717) is 17.5 Å². The predicted molar refractivity (Wildman–Crippen MR) is 110 cm³/mol. The molecule has 5 rings (SSSR count). The van der Waals surface area contributed by atoms with Crippen molar-refractivity contribution in [1.29, 1.82) is 0 Å². The Bertz CT molecular complexity index is 813. The van der Waals surface area contributed by atoms with Gasteiger partial charge in [-0.05, 0) is 57.3 Å². The first-order chi connectivity index (χ1) is 14.0. The van der Waals surface area contributed by atoms with Crippen LogP contribution >= 0.6 is 11.3 Å². The van der Waals surface area contributed by atoms with Gasteiger partial charge in [-0.1, -0.05) is 5.21 Å². The van der Waals surface area contributed by atoms with Gasteiger partial charge in [0.05, 0.1) is 29.5 Å². The number of hydrogen-bond acceptors (Lipinski definition) is 7. The van der Waals surface area contributed by atoms with E-state index in [2.05, 4.69) is 25.6 Å². The maximum Gasteiger partial charge on any atom is 0.114 e. The van der Waals surface area contributed by atoms with Gasteiger partial charge in [0, 0.05) is 31.6 Å². The summed E-state index contributed by atoms with van der Waals surface area (Å²) in [6, 6.07) is 0.192. The average Bonchev–Trinajstić information content (AvgIpc) is 3.07. The van der Waals surface area contributed by atoms with Gasteiger partial charge in [-0.15, -0.1) is 16.4 Å². The second-order valence-electron chi connectivity index (χ2n) is 9.69. The Morgan fingerprint density at radius 2 is 2.03 bits per heavy atom. The Kier molecular flexibility index (Phi) is 5.22. The first-order valence-electron chi connectivity index (χ1n) is 10.8. The number of ether oxygens (including phenoxy) is 1. The Morgan fingerprint density at radius 3 is 2.69 bits per heavy atom. The van der Waals surface area contributed by atoms with Gasteiger partial charge in [0.1, 0.15) is 11.3 Å². The number of hydrogen-bond donors (Lipinski definition) is 1. The van der Waals surface area contributed by atoms with Crippen molar-refractivity contribution >= 4 is 11.3 Å². The third kappa shape index (κ3) is 4.40. The van der Waals surface area contributed by atoms with Gasteiger partial charge in [-0.3, -0.25) is 4.90 Å². The summed E-state index contributed by atoms with van der Waals surface area (Å²) in [5.41, 5.74) is 2.74. The highest BCUT2D eigenvalue weighted by molar-refractivity contribution is 7.07. The molecule has 0 aromatic carbocycles. The van der Waals surface area contributed by atoms with Gasteiger partial charge >= 0.3 is 0 Å². The predicted octanol–water partition coefficient (Wildman–Crippen LogP) is 2.84. The Morgan fingerprint density at radius 1 is 1.24 bits per heavy atom. The Balaban J connectivity index is 1.31. The molecule has 0 unspecified atom stereocenters. The molecule has 0 spiro atoms. The minimum atomic E-state index is -0.975. The summed E-state index contributed by atoms with van der Waals surface area (Å²) < 4.78 is 8.40. The van der Waals surface area contributed by atoms with Gasteiger partial charge in [-0.2, -0.15) is 0 Å². The number of thiazole rings is 1. The van der Waals surface area contributed by atoms with E-state index in [4.69, 9.17) is 4.74 Å². The lowest BCUT2D eigenvalue weighted by Gasteiger charge is -2.37. The molecule has 8 heteroatoms. The molecule has 3 aliphatic rings. The standard InChI is InChI=1S/C21H31N5O2S/c1-21(2,27)20-10-26(24-23-20)18-5-15-7-25(9-17-12-29-13-22-17)8-16(15)6-19(18)28-11-14-3-4-14/h10,12-16,18-19,27H,3-9,11H2,1-2H3/t15-,16+,18-,19-/m1/s1. The first-order valence-corrected chi connectivity index (χ1v) is 11.8. The summed E-state index contributed by atoms with van der Waals surface area (Å²) in [7, 11) is 0. The molecule has 2 aromatic heterocycles. The van der Waals surface area contributed by atoms with Crippen molar-refractivity contribution in [3.05, 3.63) is 28.5 Å². The number of aliphatic hydroxyl groups is 1. The number of nitrogens with zero attached hydrogens (tertiary/aromatic N) is 5. The minimum Gasteiger partial charge on any atom is -0.384 e. The SMILES string of the molecule is CC(C)(O)c1cn([C@@H]2C[C@@H]3CN(Cc4cscn4)C[C@@H]3C[C@H]2OCC2CC2)nn1. The molecule has 2 aromatic rings.